The number of benzene rings is 3. The molecule has 7 nitrogen and oxygen atoms in total. The highest BCUT2D eigenvalue weighted by Crippen LogP contribution is 2.35. The van der Waals surface area contributed by atoms with Crippen molar-refractivity contribution in [1.29, 1.82) is 0 Å². The molecule has 3 unspecified atom stereocenters. The van der Waals surface area contributed by atoms with Crippen molar-refractivity contribution >= 4 is 5.97 Å². The standard InChI is InChI=1S/C27H26O7/c28-22-23-21(17-31-26(34-23)20-14-8-3-9-15-20)32-27(30-16-18-10-4-1-5-11-18)24(22)33-25(29)19-12-6-2-7-13-19/h1-15,21-24,26-28H,16-17H2/t21?,22-,23+,24?,26?,27+/m0/s1. The quantitative estimate of drug-likeness (QED) is 0.560. The average molecular weight is 462 g/mol. The summed E-state index contributed by atoms with van der Waals surface area (Å²) in [5.74, 6) is -0.577. The molecule has 2 aliphatic heterocycles. The highest BCUT2D eigenvalue weighted by Gasteiger charge is 2.51. The van der Waals surface area contributed by atoms with Crippen LogP contribution in [0.5, 0.6) is 0 Å². The maximum atomic E-state index is 12.8. The third-order valence-electron chi connectivity index (χ3n) is 5.89. The van der Waals surface area contributed by atoms with E-state index in [0.29, 0.717) is 5.56 Å². The van der Waals surface area contributed by atoms with Crippen LogP contribution in [0.25, 0.3) is 0 Å². The molecule has 0 spiro atoms. The zero-order valence-electron chi connectivity index (χ0n) is 18.4. The maximum absolute atomic E-state index is 12.8. The average Bonchev–Trinajstić information content (AvgIpc) is 2.90. The van der Waals surface area contributed by atoms with Crippen LogP contribution in [0.4, 0.5) is 0 Å². The third-order valence-corrected chi connectivity index (χ3v) is 5.89. The lowest BCUT2D eigenvalue weighted by Crippen LogP contribution is -2.63. The van der Waals surface area contributed by atoms with Crippen molar-refractivity contribution in [3.63, 3.8) is 0 Å². The molecule has 2 fully saturated rings. The van der Waals surface area contributed by atoms with Crippen molar-refractivity contribution in [3.8, 4) is 0 Å². The third kappa shape index (κ3) is 5.04. The van der Waals surface area contributed by atoms with E-state index in [1.165, 1.54) is 0 Å². The Hall–Kier alpha value is -3.07. The Morgan fingerprint density at radius 3 is 2.24 bits per heavy atom. The molecule has 6 atom stereocenters. The predicted octanol–water partition coefficient (Wildman–Crippen LogP) is 3.63. The van der Waals surface area contributed by atoms with Crippen LogP contribution in [0.2, 0.25) is 0 Å². The van der Waals surface area contributed by atoms with Gasteiger partial charge in [-0.25, -0.2) is 4.79 Å². The Bertz CT molecular complexity index is 1060. The number of esters is 1. The second kappa shape index (κ2) is 10.5. The minimum Gasteiger partial charge on any atom is -0.450 e. The summed E-state index contributed by atoms with van der Waals surface area (Å²) in [5.41, 5.74) is 2.12. The van der Waals surface area contributed by atoms with E-state index in [1.54, 1.807) is 24.3 Å². The number of fused-ring (bicyclic) bond motifs is 1. The van der Waals surface area contributed by atoms with Gasteiger partial charge in [0.05, 0.1) is 18.8 Å². The van der Waals surface area contributed by atoms with Gasteiger partial charge in [-0.05, 0) is 17.7 Å². The summed E-state index contributed by atoms with van der Waals surface area (Å²) in [6.45, 7) is 0.426. The van der Waals surface area contributed by atoms with Gasteiger partial charge in [-0.15, -0.1) is 0 Å². The molecule has 2 aliphatic rings. The number of rotatable bonds is 6. The van der Waals surface area contributed by atoms with E-state index in [4.69, 9.17) is 23.7 Å². The molecule has 0 aromatic heterocycles. The molecule has 1 N–H and O–H groups in total. The van der Waals surface area contributed by atoms with Crippen molar-refractivity contribution in [3.05, 3.63) is 108 Å². The highest BCUT2D eigenvalue weighted by atomic mass is 16.8. The van der Waals surface area contributed by atoms with Crippen molar-refractivity contribution in [2.45, 2.75) is 43.6 Å². The summed E-state index contributed by atoms with van der Waals surface area (Å²) in [6.07, 6.45) is -5.27. The van der Waals surface area contributed by atoms with Gasteiger partial charge in [0, 0.05) is 5.56 Å². The van der Waals surface area contributed by atoms with Gasteiger partial charge in [0.1, 0.15) is 18.3 Å². The minimum atomic E-state index is -1.18. The van der Waals surface area contributed by atoms with Crippen molar-refractivity contribution in [2.24, 2.45) is 0 Å². The number of carbonyl (C=O) groups is 1. The molecular weight excluding hydrogens is 436 g/mol. The number of ether oxygens (including phenoxy) is 5. The first-order chi connectivity index (χ1) is 16.7. The molecule has 0 amide bonds. The van der Waals surface area contributed by atoms with Gasteiger partial charge in [0.15, 0.2) is 18.7 Å². The Kier molecular flexibility index (Phi) is 6.99. The summed E-state index contributed by atoms with van der Waals surface area (Å²) in [5, 5.41) is 11.3. The van der Waals surface area contributed by atoms with E-state index in [1.807, 2.05) is 66.7 Å². The largest absolute Gasteiger partial charge is 0.450 e. The molecule has 2 heterocycles. The first kappa shape index (κ1) is 22.7. The normalized spacial score (nSPS) is 28.6. The topological polar surface area (TPSA) is 83.5 Å². The van der Waals surface area contributed by atoms with Gasteiger partial charge >= 0.3 is 5.97 Å². The fraction of sp³-hybridized carbons (Fsp3) is 0.296. The van der Waals surface area contributed by atoms with Gasteiger partial charge in [-0.1, -0.05) is 78.9 Å². The first-order valence-electron chi connectivity index (χ1n) is 11.3. The number of aliphatic hydroxyl groups excluding tert-OH is 1. The van der Waals surface area contributed by atoms with Crippen LogP contribution < -0.4 is 0 Å². The molecule has 0 bridgehead atoms. The number of carbonyl (C=O) groups excluding carboxylic acids is 1. The molecule has 2 saturated heterocycles. The van der Waals surface area contributed by atoms with E-state index in [-0.39, 0.29) is 13.2 Å². The lowest BCUT2D eigenvalue weighted by Gasteiger charge is -2.47. The van der Waals surface area contributed by atoms with E-state index >= 15 is 0 Å². The van der Waals surface area contributed by atoms with Crippen LogP contribution in [0, 0.1) is 0 Å². The fourth-order valence-corrected chi connectivity index (χ4v) is 4.12. The maximum Gasteiger partial charge on any atom is 0.338 e. The molecule has 3 aromatic carbocycles. The number of hydrogen-bond acceptors (Lipinski definition) is 7. The van der Waals surface area contributed by atoms with Crippen LogP contribution in [0.3, 0.4) is 0 Å². The lowest BCUT2D eigenvalue weighted by atomic mass is 9.97. The minimum absolute atomic E-state index is 0.200. The van der Waals surface area contributed by atoms with Crippen LogP contribution in [-0.2, 0) is 30.3 Å². The van der Waals surface area contributed by atoms with Crippen molar-refractivity contribution in [2.75, 3.05) is 6.61 Å². The summed E-state index contributed by atoms with van der Waals surface area (Å²) in [4.78, 5) is 12.8. The zero-order chi connectivity index (χ0) is 23.3. The Labute approximate surface area is 197 Å². The molecular formula is C27H26O7. The van der Waals surface area contributed by atoms with Crippen molar-refractivity contribution < 1.29 is 33.6 Å². The Morgan fingerprint density at radius 2 is 1.53 bits per heavy atom. The molecule has 3 aromatic rings. The molecule has 5 rings (SSSR count). The molecule has 0 radical (unpaired) electrons. The Balaban J connectivity index is 1.35. The van der Waals surface area contributed by atoms with E-state index in [0.717, 1.165) is 11.1 Å². The molecule has 7 heteroatoms. The second-order valence-electron chi connectivity index (χ2n) is 8.24. The summed E-state index contributed by atoms with van der Waals surface area (Å²) >= 11 is 0. The number of hydrogen-bond donors (Lipinski definition) is 1. The van der Waals surface area contributed by atoms with E-state index < -0.39 is 43.0 Å². The van der Waals surface area contributed by atoms with Crippen LogP contribution in [0.1, 0.15) is 27.8 Å². The van der Waals surface area contributed by atoms with Gasteiger partial charge < -0.3 is 28.8 Å². The lowest BCUT2D eigenvalue weighted by molar-refractivity contribution is -0.362. The Morgan fingerprint density at radius 1 is 0.882 bits per heavy atom. The second-order valence-corrected chi connectivity index (χ2v) is 8.24. The summed E-state index contributed by atoms with van der Waals surface area (Å²) in [6, 6.07) is 27.6. The van der Waals surface area contributed by atoms with E-state index in [2.05, 4.69) is 0 Å². The molecule has 0 saturated carbocycles. The summed E-state index contributed by atoms with van der Waals surface area (Å²) < 4.78 is 29.7. The highest BCUT2D eigenvalue weighted by molar-refractivity contribution is 5.89. The van der Waals surface area contributed by atoms with Gasteiger partial charge in [-0.3, -0.25) is 0 Å². The van der Waals surface area contributed by atoms with Crippen molar-refractivity contribution in [1.82, 2.24) is 0 Å². The van der Waals surface area contributed by atoms with Crippen LogP contribution >= 0.6 is 0 Å². The molecule has 0 aliphatic carbocycles. The molecule has 34 heavy (non-hydrogen) atoms. The SMILES string of the molecule is O=C(OC1[C@H](OCc2ccccc2)OC2COC(c3ccccc3)O[C@H]2[C@@H]1O)c1ccccc1. The first-order valence-corrected chi connectivity index (χ1v) is 11.3. The van der Waals surface area contributed by atoms with Gasteiger partial charge in [0.2, 0.25) is 0 Å². The monoisotopic (exact) mass is 462 g/mol. The smallest absolute Gasteiger partial charge is 0.338 e. The zero-order valence-corrected chi connectivity index (χ0v) is 18.4. The number of aliphatic hydroxyl groups is 1. The summed E-state index contributed by atoms with van der Waals surface area (Å²) in [7, 11) is 0. The molecule has 176 valence electrons. The van der Waals surface area contributed by atoms with Gasteiger partial charge in [-0.2, -0.15) is 0 Å². The van der Waals surface area contributed by atoms with Gasteiger partial charge in [0.25, 0.3) is 0 Å². The predicted molar refractivity (Wildman–Crippen MR) is 122 cm³/mol. The van der Waals surface area contributed by atoms with Crippen LogP contribution in [-0.4, -0.2) is 48.4 Å². The van der Waals surface area contributed by atoms with Crippen LogP contribution in [0.15, 0.2) is 91.0 Å². The van der Waals surface area contributed by atoms with E-state index in [9.17, 15) is 9.90 Å². The fourth-order valence-electron chi connectivity index (χ4n) is 4.12.